The molecule has 0 spiro atoms. The van der Waals surface area contributed by atoms with E-state index in [9.17, 15) is 14.9 Å². The fraction of sp³-hybridized carbons (Fsp3) is 0.368. The quantitative estimate of drug-likeness (QED) is 0.309. The van der Waals surface area contributed by atoms with Crippen LogP contribution in [0.3, 0.4) is 0 Å². The second-order valence-electron chi connectivity index (χ2n) is 6.77. The van der Waals surface area contributed by atoms with Crippen molar-refractivity contribution in [2.45, 2.75) is 26.2 Å². The number of nitrogens with one attached hydrogen (secondary N) is 2. The second-order valence-corrected chi connectivity index (χ2v) is 8.28. The van der Waals surface area contributed by atoms with E-state index in [0.717, 1.165) is 29.7 Å². The van der Waals surface area contributed by atoms with Gasteiger partial charge < -0.3 is 20.1 Å². The summed E-state index contributed by atoms with van der Waals surface area (Å²) < 4.78 is 10.0. The number of nitro benzene ring substituents is 1. The number of ether oxygens (including phenoxy) is 2. The van der Waals surface area contributed by atoms with Crippen LogP contribution in [0.25, 0.3) is 0 Å². The number of thiophene rings is 1. The number of hydrogen-bond donors (Lipinski definition) is 2. The number of nitrogens with zero attached hydrogens (tertiary/aromatic N) is 1. The van der Waals surface area contributed by atoms with Crippen molar-refractivity contribution in [1.82, 2.24) is 0 Å². The molecular formula is C19H21N3O5S2. The zero-order chi connectivity index (χ0) is 21.1. The van der Waals surface area contributed by atoms with Crippen LogP contribution < -0.4 is 15.4 Å². The predicted molar refractivity (Wildman–Crippen MR) is 116 cm³/mol. The van der Waals surface area contributed by atoms with Gasteiger partial charge in [-0.15, -0.1) is 11.3 Å². The van der Waals surface area contributed by atoms with Gasteiger partial charge in [0.15, 0.2) is 5.11 Å². The van der Waals surface area contributed by atoms with E-state index in [0.29, 0.717) is 22.2 Å². The van der Waals surface area contributed by atoms with Crippen LogP contribution >= 0.6 is 23.6 Å². The van der Waals surface area contributed by atoms with Gasteiger partial charge in [0.1, 0.15) is 16.4 Å². The van der Waals surface area contributed by atoms with Crippen molar-refractivity contribution in [1.29, 1.82) is 0 Å². The van der Waals surface area contributed by atoms with Crippen molar-refractivity contribution >= 4 is 51.0 Å². The lowest BCUT2D eigenvalue weighted by Crippen LogP contribution is -2.21. The van der Waals surface area contributed by atoms with E-state index in [1.54, 1.807) is 6.07 Å². The number of esters is 1. The van der Waals surface area contributed by atoms with Gasteiger partial charge in [-0.3, -0.25) is 10.1 Å². The highest BCUT2D eigenvalue weighted by molar-refractivity contribution is 7.80. The maximum atomic E-state index is 12.4. The van der Waals surface area contributed by atoms with Crippen molar-refractivity contribution < 1.29 is 19.2 Å². The van der Waals surface area contributed by atoms with Crippen molar-refractivity contribution in [3.05, 3.63) is 44.3 Å². The van der Waals surface area contributed by atoms with Crippen molar-refractivity contribution in [2.75, 3.05) is 24.9 Å². The smallest absolute Gasteiger partial charge is 0.341 e. The maximum Gasteiger partial charge on any atom is 0.341 e. The van der Waals surface area contributed by atoms with Gasteiger partial charge in [-0.25, -0.2) is 4.79 Å². The van der Waals surface area contributed by atoms with E-state index in [-0.39, 0.29) is 16.5 Å². The van der Waals surface area contributed by atoms with E-state index >= 15 is 0 Å². The number of thiocarbonyl (C=S) groups is 1. The molecule has 29 heavy (non-hydrogen) atoms. The van der Waals surface area contributed by atoms with Gasteiger partial charge in [-0.2, -0.15) is 0 Å². The molecule has 1 aliphatic carbocycles. The second kappa shape index (κ2) is 8.75. The van der Waals surface area contributed by atoms with Crippen LogP contribution in [-0.4, -0.2) is 30.2 Å². The van der Waals surface area contributed by atoms with Gasteiger partial charge in [0, 0.05) is 4.88 Å². The molecule has 154 valence electrons. The zero-order valence-corrected chi connectivity index (χ0v) is 17.9. The monoisotopic (exact) mass is 435 g/mol. The Balaban J connectivity index is 1.86. The van der Waals surface area contributed by atoms with E-state index in [4.69, 9.17) is 21.7 Å². The molecule has 0 fully saturated rings. The summed E-state index contributed by atoms with van der Waals surface area (Å²) in [5.74, 6) is 0.499. The first kappa shape index (κ1) is 21.0. The van der Waals surface area contributed by atoms with Crippen LogP contribution in [-0.2, 0) is 17.6 Å². The molecule has 3 rings (SSSR count). The Labute approximate surface area is 177 Å². The highest BCUT2D eigenvalue weighted by atomic mass is 32.1. The van der Waals surface area contributed by atoms with Gasteiger partial charge in [-0.1, -0.05) is 6.92 Å². The molecule has 8 nitrogen and oxygen atoms in total. The van der Waals surface area contributed by atoms with Crippen molar-refractivity contribution in [3.63, 3.8) is 0 Å². The van der Waals surface area contributed by atoms with Crippen LogP contribution in [0.1, 0.15) is 34.1 Å². The molecule has 10 heteroatoms. The first-order valence-electron chi connectivity index (χ1n) is 8.97. The van der Waals surface area contributed by atoms with Crippen LogP contribution in [0.2, 0.25) is 0 Å². The molecule has 2 N–H and O–H groups in total. The molecule has 0 saturated carbocycles. The van der Waals surface area contributed by atoms with Crippen LogP contribution in [0.4, 0.5) is 16.4 Å². The summed E-state index contributed by atoms with van der Waals surface area (Å²) in [6.07, 6.45) is 2.72. The lowest BCUT2D eigenvalue weighted by molar-refractivity contribution is -0.384. The molecule has 1 heterocycles. The van der Waals surface area contributed by atoms with Gasteiger partial charge in [0.25, 0.3) is 5.69 Å². The fourth-order valence-electron chi connectivity index (χ4n) is 3.31. The van der Waals surface area contributed by atoms with Crippen LogP contribution in [0.5, 0.6) is 5.75 Å². The van der Waals surface area contributed by atoms with Gasteiger partial charge in [-0.05, 0) is 55.1 Å². The molecular weight excluding hydrogens is 414 g/mol. The Morgan fingerprint density at radius 1 is 1.34 bits per heavy atom. The number of benzene rings is 1. The lowest BCUT2D eigenvalue weighted by atomic mass is 9.88. The predicted octanol–water partition coefficient (Wildman–Crippen LogP) is 4.39. The van der Waals surface area contributed by atoms with E-state index < -0.39 is 10.9 Å². The topological polar surface area (TPSA) is 103 Å². The molecule has 0 aliphatic heterocycles. The van der Waals surface area contributed by atoms with Crippen LogP contribution in [0, 0.1) is 16.0 Å². The molecule has 2 aromatic rings. The van der Waals surface area contributed by atoms with E-state index in [1.807, 2.05) is 0 Å². The fourth-order valence-corrected chi connectivity index (χ4v) is 4.99. The summed E-state index contributed by atoms with van der Waals surface area (Å²) in [4.78, 5) is 24.4. The summed E-state index contributed by atoms with van der Waals surface area (Å²) in [6, 6.07) is 4.44. The summed E-state index contributed by atoms with van der Waals surface area (Å²) in [5, 5.41) is 18.0. The Morgan fingerprint density at radius 2 is 2.10 bits per heavy atom. The average molecular weight is 436 g/mol. The highest BCUT2D eigenvalue weighted by Crippen LogP contribution is 2.40. The number of nitro groups is 1. The molecule has 1 aromatic heterocycles. The number of carbonyl (C=O) groups excluding carboxylic acids is 1. The number of anilines is 2. The molecule has 1 aromatic carbocycles. The average Bonchev–Trinajstić information content (AvgIpc) is 3.03. The molecule has 1 unspecified atom stereocenters. The SMILES string of the molecule is COC(=O)c1c(NC(=S)Nc2ccc(OC)cc2[N+](=O)[O-])sc2c1CCC(C)C2. The summed E-state index contributed by atoms with van der Waals surface area (Å²) in [6.45, 7) is 2.18. The van der Waals surface area contributed by atoms with Gasteiger partial charge in [0.2, 0.25) is 0 Å². The van der Waals surface area contributed by atoms with E-state index in [1.165, 1.54) is 37.7 Å². The van der Waals surface area contributed by atoms with Crippen LogP contribution in [0.15, 0.2) is 18.2 Å². The van der Waals surface area contributed by atoms with Crippen molar-refractivity contribution in [2.24, 2.45) is 5.92 Å². The third-order valence-corrected chi connectivity index (χ3v) is 6.15. The summed E-state index contributed by atoms with van der Waals surface area (Å²) in [5.41, 5.74) is 1.55. The molecule has 0 radical (unpaired) electrons. The number of rotatable bonds is 5. The van der Waals surface area contributed by atoms with Gasteiger partial charge >= 0.3 is 5.97 Å². The molecule has 0 saturated heterocycles. The third-order valence-electron chi connectivity index (χ3n) is 4.78. The minimum atomic E-state index is -0.515. The van der Waals surface area contributed by atoms with Crippen molar-refractivity contribution in [3.8, 4) is 5.75 Å². The Hall–Kier alpha value is -2.72. The molecule has 1 aliphatic rings. The normalized spacial score (nSPS) is 15.2. The van der Waals surface area contributed by atoms with Gasteiger partial charge in [0.05, 0.1) is 30.8 Å². The standard InChI is InChI=1S/C19H21N3O5S2/c1-10-4-6-12-15(8-10)29-17(16(12)18(23)27-3)21-19(28)20-13-7-5-11(26-2)9-14(13)22(24)25/h5,7,9-10H,4,6,8H2,1-3H3,(H2,20,21,28). The highest BCUT2D eigenvalue weighted by Gasteiger charge is 2.28. The Morgan fingerprint density at radius 3 is 2.76 bits per heavy atom. The summed E-state index contributed by atoms with van der Waals surface area (Å²) in [7, 11) is 2.78. The molecule has 1 atom stereocenters. The first-order valence-corrected chi connectivity index (χ1v) is 10.2. The Kier molecular flexibility index (Phi) is 6.33. The van der Waals surface area contributed by atoms with E-state index in [2.05, 4.69) is 17.6 Å². The number of carbonyl (C=O) groups is 1. The minimum Gasteiger partial charge on any atom is -0.496 e. The first-order chi connectivity index (χ1) is 13.8. The Bertz CT molecular complexity index is 973. The lowest BCUT2D eigenvalue weighted by Gasteiger charge is -2.18. The zero-order valence-electron chi connectivity index (χ0n) is 16.2. The molecule has 0 amide bonds. The summed E-state index contributed by atoms with van der Waals surface area (Å²) >= 11 is 6.82. The third kappa shape index (κ3) is 4.48. The number of fused-ring (bicyclic) bond motifs is 1. The minimum absolute atomic E-state index is 0.148. The largest absolute Gasteiger partial charge is 0.496 e. The maximum absolute atomic E-state index is 12.4. The molecule has 0 bridgehead atoms. The number of methoxy groups -OCH3 is 2. The number of hydrogen-bond acceptors (Lipinski definition) is 7.